The van der Waals surface area contributed by atoms with Gasteiger partial charge in [0.25, 0.3) is 5.56 Å². The van der Waals surface area contributed by atoms with Gasteiger partial charge in [-0.15, -0.1) is 10.2 Å². The maximum Gasteiger partial charge on any atom is 0.277 e. The lowest BCUT2D eigenvalue weighted by Gasteiger charge is -1.96. The zero-order chi connectivity index (χ0) is 12.8. The number of hydrogen-bond acceptors (Lipinski definition) is 4. The fraction of sp³-hybridized carbons (Fsp3) is 0.154. The van der Waals surface area contributed by atoms with Crippen molar-refractivity contribution in [1.29, 1.82) is 0 Å². The van der Waals surface area contributed by atoms with Crippen LogP contribution in [0.3, 0.4) is 0 Å². The van der Waals surface area contributed by atoms with E-state index < -0.39 is 0 Å². The van der Waals surface area contributed by atoms with Crippen LogP contribution in [0.5, 0.6) is 0 Å². The van der Waals surface area contributed by atoms with E-state index in [1.807, 2.05) is 43.3 Å². The van der Waals surface area contributed by atoms with Gasteiger partial charge in [0.05, 0.1) is 0 Å². The van der Waals surface area contributed by atoms with Gasteiger partial charge in [0, 0.05) is 0 Å². The van der Waals surface area contributed by atoms with E-state index in [-0.39, 0.29) is 5.56 Å². The molecule has 92 valence electrons. The molecule has 0 bridgehead atoms. The molecule has 0 aliphatic rings. The van der Waals surface area contributed by atoms with Crippen LogP contribution in [0.2, 0.25) is 0 Å². The molecule has 1 N–H and O–H groups in total. The maximum absolute atomic E-state index is 11.7. The van der Waals surface area contributed by atoms with Gasteiger partial charge < -0.3 is 0 Å². The molecule has 0 spiro atoms. The van der Waals surface area contributed by atoms with Crippen LogP contribution in [0.4, 0.5) is 0 Å². The first-order chi connectivity index (χ1) is 8.79. The summed E-state index contributed by atoms with van der Waals surface area (Å²) in [5, 5.41) is 8.41. The van der Waals surface area contributed by atoms with Gasteiger partial charge in [0.1, 0.15) is 0 Å². The van der Waals surface area contributed by atoms with Crippen LogP contribution in [-0.4, -0.2) is 20.9 Å². The molecule has 0 radical (unpaired) electrons. The van der Waals surface area contributed by atoms with Crippen LogP contribution in [0.25, 0.3) is 12.2 Å². The molecule has 2 rings (SSSR count). The third kappa shape index (κ3) is 3.30. The third-order valence-electron chi connectivity index (χ3n) is 2.22. The minimum absolute atomic E-state index is 0.215. The van der Waals surface area contributed by atoms with Crippen LogP contribution in [-0.2, 0) is 0 Å². The van der Waals surface area contributed by atoms with Crippen molar-refractivity contribution in [2.45, 2.75) is 12.1 Å². The van der Waals surface area contributed by atoms with Crippen LogP contribution < -0.4 is 5.56 Å². The van der Waals surface area contributed by atoms with E-state index in [2.05, 4.69) is 15.2 Å². The second kappa shape index (κ2) is 6.16. The summed E-state index contributed by atoms with van der Waals surface area (Å²) in [5.41, 5.74) is 1.12. The van der Waals surface area contributed by atoms with Gasteiger partial charge in [-0.05, 0) is 17.4 Å². The summed E-state index contributed by atoms with van der Waals surface area (Å²) < 4.78 is 0. The average molecular weight is 259 g/mol. The van der Waals surface area contributed by atoms with Gasteiger partial charge in [0.15, 0.2) is 10.9 Å². The average Bonchev–Trinajstić information content (AvgIpc) is 2.39. The van der Waals surface area contributed by atoms with Crippen molar-refractivity contribution in [2.24, 2.45) is 0 Å². The first kappa shape index (κ1) is 12.6. The number of thioether (sulfide) groups is 1. The van der Waals surface area contributed by atoms with E-state index in [9.17, 15) is 4.79 Å². The molecule has 0 saturated heterocycles. The molecule has 0 amide bonds. The zero-order valence-electron chi connectivity index (χ0n) is 9.96. The Balaban J connectivity index is 2.20. The van der Waals surface area contributed by atoms with Crippen molar-refractivity contribution < 1.29 is 0 Å². The Morgan fingerprint density at radius 1 is 1.22 bits per heavy atom. The van der Waals surface area contributed by atoms with Crippen molar-refractivity contribution in [1.82, 2.24) is 15.2 Å². The Hall–Kier alpha value is -1.88. The molecule has 4 nitrogen and oxygen atoms in total. The standard InChI is InChI=1S/C13H13N3OS/c1-2-18-13-14-12(17)11(15-16-13)9-8-10-6-4-3-5-7-10/h3-9H,2H2,1H3,(H,14,16,17). The highest BCUT2D eigenvalue weighted by Crippen LogP contribution is 2.08. The van der Waals surface area contributed by atoms with Gasteiger partial charge in [-0.25, -0.2) is 0 Å². The normalized spacial score (nSPS) is 10.9. The number of nitrogens with zero attached hydrogens (tertiary/aromatic N) is 2. The van der Waals surface area contributed by atoms with Gasteiger partial charge >= 0.3 is 0 Å². The first-order valence-corrected chi connectivity index (χ1v) is 6.61. The summed E-state index contributed by atoms with van der Waals surface area (Å²) in [6, 6.07) is 9.74. The van der Waals surface area contributed by atoms with Crippen LogP contribution in [0.1, 0.15) is 18.2 Å². The fourth-order valence-corrected chi connectivity index (χ4v) is 1.92. The largest absolute Gasteiger partial charge is 0.298 e. The molecule has 0 fully saturated rings. The predicted octanol–water partition coefficient (Wildman–Crippen LogP) is 2.45. The third-order valence-corrected chi connectivity index (χ3v) is 2.96. The molecular weight excluding hydrogens is 246 g/mol. The predicted molar refractivity (Wildman–Crippen MR) is 74.4 cm³/mol. The molecule has 0 unspecified atom stereocenters. The number of aromatic amines is 1. The Kier molecular flexibility index (Phi) is 4.30. The SMILES string of the molecule is CCSc1nnc(C=Cc2ccccc2)c(=O)[nH]1. The summed E-state index contributed by atoms with van der Waals surface area (Å²) in [6.07, 6.45) is 3.51. The van der Waals surface area contributed by atoms with E-state index in [0.29, 0.717) is 10.9 Å². The number of hydrogen-bond donors (Lipinski definition) is 1. The Labute approximate surface area is 109 Å². The molecule has 1 aromatic heterocycles. The van der Waals surface area contributed by atoms with Gasteiger partial charge in [-0.2, -0.15) is 0 Å². The van der Waals surface area contributed by atoms with E-state index >= 15 is 0 Å². The molecule has 1 aromatic carbocycles. The second-order valence-corrected chi connectivity index (χ2v) is 4.77. The number of rotatable bonds is 4. The highest BCUT2D eigenvalue weighted by molar-refractivity contribution is 7.99. The molecule has 0 atom stereocenters. The van der Waals surface area contributed by atoms with Crippen molar-refractivity contribution in [3.05, 3.63) is 51.9 Å². The molecule has 18 heavy (non-hydrogen) atoms. The fourth-order valence-electron chi connectivity index (χ4n) is 1.38. The summed E-state index contributed by atoms with van der Waals surface area (Å²) >= 11 is 1.46. The summed E-state index contributed by atoms with van der Waals surface area (Å²) in [6.45, 7) is 1.99. The van der Waals surface area contributed by atoms with E-state index in [1.54, 1.807) is 6.08 Å². The summed E-state index contributed by atoms with van der Waals surface area (Å²) in [5.74, 6) is 0.851. The van der Waals surface area contributed by atoms with Gasteiger partial charge in [-0.1, -0.05) is 55.1 Å². The Morgan fingerprint density at radius 3 is 2.67 bits per heavy atom. The minimum Gasteiger partial charge on any atom is -0.298 e. The number of benzene rings is 1. The smallest absolute Gasteiger partial charge is 0.277 e. The second-order valence-electron chi connectivity index (χ2n) is 3.52. The highest BCUT2D eigenvalue weighted by Gasteiger charge is 2.01. The maximum atomic E-state index is 11.7. The lowest BCUT2D eigenvalue weighted by molar-refractivity contribution is 0.810. The Bertz CT molecular complexity index is 593. The quantitative estimate of drug-likeness (QED) is 0.857. The number of aromatic nitrogens is 3. The molecule has 0 saturated carbocycles. The molecular formula is C13H13N3OS. The molecule has 0 aliphatic heterocycles. The van der Waals surface area contributed by atoms with Crippen LogP contribution in [0.15, 0.2) is 40.3 Å². The van der Waals surface area contributed by atoms with E-state index in [1.165, 1.54) is 11.8 Å². The lowest BCUT2D eigenvalue weighted by Crippen LogP contribution is -2.14. The summed E-state index contributed by atoms with van der Waals surface area (Å²) in [4.78, 5) is 14.4. The van der Waals surface area contributed by atoms with Crippen molar-refractivity contribution in [2.75, 3.05) is 5.75 Å². The zero-order valence-corrected chi connectivity index (χ0v) is 10.8. The van der Waals surface area contributed by atoms with Crippen molar-refractivity contribution in [3.8, 4) is 0 Å². The molecule has 2 aromatic rings. The summed E-state index contributed by atoms with van der Waals surface area (Å²) in [7, 11) is 0. The molecule has 0 aliphatic carbocycles. The lowest BCUT2D eigenvalue weighted by atomic mass is 10.2. The van der Waals surface area contributed by atoms with Crippen LogP contribution >= 0.6 is 11.8 Å². The van der Waals surface area contributed by atoms with Crippen LogP contribution in [0, 0.1) is 0 Å². The molecule has 1 heterocycles. The van der Waals surface area contributed by atoms with Crippen molar-refractivity contribution >= 4 is 23.9 Å². The first-order valence-electron chi connectivity index (χ1n) is 5.62. The van der Waals surface area contributed by atoms with Gasteiger partial charge in [-0.3, -0.25) is 9.78 Å². The highest BCUT2D eigenvalue weighted by atomic mass is 32.2. The molecule has 5 heteroatoms. The minimum atomic E-state index is -0.215. The van der Waals surface area contributed by atoms with Crippen molar-refractivity contribution in [3.63, 3.8) is 0 Å². The van der Waals surface area contributed by atoms with Gasteiger partial charge in [0.2, 0.25) is 0 Å². The van der Waals surface area contributed by atoms with E-state index in [0.717, 1.165) is 11.3 Å². The number of H-pyrrole nitrogens is 1. The van der Waals surface area contributed by atoms with E-state index in [4.69, 9.17) is 0 Å². The topological polar surface area (TPSA) is 58.6 Å². The monoisotopic (exact) mass is 259 g/mol. The number of nitrogens with one attached hydrogen (secondary N) is 1. The Morgan fingerprint density at radius 2 is 2.00 bits per heavy atom.